The molecule has 1 aromatic carbocycles. The summed E-state index contributed by atoms with van der Waals surface area (Å²) in [7, 11) is 0. The molecular weight excluding hydrogens is 200 g/mol. The number of nitriles is 1. The van der Waals surface area contributed by atoms with E-state index in [9.17, 15) is 0 Å². The Kier molecular flexibility index (Phi) is 2.69. The third-order valence-corrected chi connectivity index (χ3v) is 2.21. The molecule has 0 saturated heterocycles. The Hall–Kier alpha value is -2.15. The van der Waals surface area contributed by atoms with Gasteiger partial charge in [0, 0.05) is 11.4 Å². The Morgan fingerprint density at radius 1 is 1.25 bits per heavy atom. The van der Waals surface area contributed by atoms with Crippen LogP contribution >= 0.6 is 0 Å². The second kappa shape index (κ2) is 4.15. The van der Waals surface area contributed by atoms with Crippen LogP contribution in [0.5, 0.6) is 0 Å². The second-order valence-electron chi connectivity index (χ2n) is 3.85. The summed E-state index contributed by atoms with van der Waals surface area (Å²) in [6.07, 6.45) is 0. The topological polar surface area (TPSA) is 61.6 Å². The fourth-order valence-electron chi connectivity index (χ4n) is 1.57. The van der Waals surface area contributed by atoms with Gasteiger partial charge in [-0.1, -0.05) is 18.2 Å². The maximum absolute atomic E-state index is 9.00. The zero-order chi connectivity index (χ0) is 11.5. The molecule has 0 atom stereocenters. The average molecular weight is 212 g/mol. The molecule has 4 nitrogen and oxygen atoms in total. The molecule has 0 aliphatic heterocycles. The van der Waals surface area contributed by atoms with Crippen LogP contribution in [0.1, 0.15) is 19.5 Å². The number of hydrogen-bond acceptors (Lipinski definition) is 4. The molecule has 0 unspecified atom stereocenters. The number of hydrogen-bond donors (Lipinski definition) is 1. The summed E-state index contributed by atoms with van der Waals surface area (Å²) in [4.78, 5) is 0. The van der Waals surface area contributed by atoms with Gasteiger partial charge in [0.15, 0.2) is 5.69 Å². The zero-order valence-electron chi connectivity index (χ0n) is 9.23. The summed E-state index contributed by atoms with van der Waals surface area (Å²) < 4.78 is 0. The van der Waals surface area contributed by atoms with Gasteiger partial charge in [-0.05, 0) is 19.9 Å². The summed E-state index contributed by atoms with van der Waals surface area (Å²) in [5.74, 6) is 0. The van der Waals surface area contributed by atoms with E-state index in [2.05, 4.69) is 21.6 Å². The summed E-state index contributed by atoms with van der Waals surface area (Å²) in [5.41, 5.74) is 1.90. The third kappa shape index (κ3) is 1.80. The van der Waals surface area contributed by atoms with E-state index in [0.717, 1.165) is 16.6 Å². The van der Waals surface area contributed by atoms with Crippen molar-refractivity contribution in [3.8, 4) is 6.07 Å². The molecule has 1 N–H and O–H groups in total. The lowest BCUT2D eigenvalue weighted by atomic mass is 10.1. The van der Waals surface area contributed by atoms with Gasteiger partial charge < -0.3 is 5.32 Å². The Balaban J connectivity index is 2.69. The summed E-state index contributed by atoms with van der Waals surface area (Å²) in [6.45, 7) is 4.05. The predicted octanol–water partition coefficient (Wildman–Crippen LogP) is 2.32. The van der Waals surface area contributed by atoms with E-state index in [1.165, 1.54) is 0 Å². The number of fused-ring (bicyclic) bond motifs is 1. The van der Waals surface area contributed by atoms with Crippen molar-refractivity contribution in [3.63, 3.8) is 0 Å². The van der Waals surface area contributed by atoms with Crippen LogP contribution in [0.15, 0.2) is 24.3 Å². The molecule has 4 heteroatoms. The largest absolute Gasteiger partial charge is 0.380 e. The highest BCUT2D eigenvalue weighted by molar-refractivity contribution is 5.92. The van der Waals surface area contributed by atoms with Crippen molar-refractivity contribution < 1.29 is 0 Å². The third-order valence-electron chi connectivity index (χ3n) is 2.21. The van der Waals surface area contributed by atoms with Crippen LogP contribution in [-0.4, -0.2) is 16.2 Å². The molecule has 2 rings (SSSR count). The van der Waals surface area contributed by atoms with E-state index < -0.39 is 0 Å². The van der Waals surface area contributed by atoms with Crippen molar-refractivity contribution in [2.75, 3.05) is 5.32 Å². The minimum Gasteiger partial charge on any atom is -0.380 e. The van der Waals surface area contributed by atoms with Crippen LogP contribution in [0.2, 0.25) is 0 Å². The lowest BCUT2D eigenvalue weighted by molar-refractivity contribution is 0.894. The molecular formula is C12H12N4. The van der Waals surface area contributed by atoms with Crippen LogP contribution in [0.3, 0.4) is 0 Å². The van der Waals surface area contributed by atoms with Crippen molar-refractivity contribution in [2.45, 2.75) is 19.9 Å². The fourth-order valence-corrected chi connectivity index (χ4v) is 1.57. The first kappa shape index (κ1) is 10.4. The van der Waals surface area contributed by atoms with Crippen molar-refractivity contribution in [1.29, 1.82) is 5.26 Å². The van der Waals surface area contributed by atoms with Crippen molar-refractivity contribution in [3.05, 3.63) is 30.0 Å². The fraction of sp³-hybridized carbons (Fsp3) is 0.250. The molecule has 80 valence electrons. The molecule has 0 aliphatic carbocycles. The lowest BCUT2D eigenvalue weighted by Gasteiger charge is -2.12. The molecule has 0 amide bonds. The minimum atomic E-state index is 0.250. The van der Waals surface area contributed by atoms with Crippen LogP contribution < -0.4 is 5.32 Å². The zero-order valence-corrected chi connectivity index (χ0v) is 9.23. The minimum absolute atomic E-state index is 0.250. The monoisotopic (exact) mass is 212 g/mol. The molecule has 0 aliphatic rings. The molecule has 0 fully saturated rings. The first-order valence-corrected chi connectivity index (χ1v) is 5.14. The molecule has 1 heterocycles. The maximum atomic E-state index is 9.00. The van der Waals surface area contributed by atoms with Gasteiger partial charge in [-0.25, -0.2) is 0 Å². The molecule has 0 saturated carbocycles. The molecule has 1 aromatic heterocycles. The Bertz CT molecular complexity index is 554. The number of nitrogens with one attached hydrogen (secondary N) is 1. The number of anilines is 1. The number of rotatable bonds is 2. The Morgan fingerprint density at radius 2 is 2.00 bits per heavy atom. The number of nitrogens with zero attached hydrogens (tertiary/aromatic N) is 3. The van der Waals surface area contributed by atoms with Gasteiger partial charge in [-0.2, -0.15) is 5.26 Å². The Labute approximate surface area is 93.9 Å². The highest BCUT2D eigenvalue weighted by atomic mass is 15.1. The molecule has 0 spiro atoms. The smallest absolute Gasteiger partial charge is 0.186 e. The highest BCUT2D eigenvalue weighted by Crippen LogP contribution is 2.24. The van der Waals surface area contributed by atoms with Crippen molar-refractivity contribution >= 4 is 16.6 Å². The van der Waals surface area contributed by atoms with Gasteiger partial charge in [0.05, 0.1) is 11.2 Å². The van der Waals surface area contributed by atoms with E-state index in [0.29, 0.717) is 5.69 Å². The standard InChI is InChI=1S/C12H12N4/c1-8(2)14-12-9-5-3-4-6-10(9)15-16-11(12)7-13/h3-6,8H,1-2H3,(H,14,15). The first-order chi connectivity index (χ1) is 7.72. The van der Waals surface area contributed by atoms with Gasteiger partial charge in [-0.3, -0.25) is 0 Å². The normalized spacial score (nSPS) is 10.4. The summed E-state index contributed by atoms with van der Waals surface area (Å²) in [5, 5.41) is 21.1. The summed E-state index contributed by atoms with van der Waals surface area (Å²) in [6, 6.07) is 9.96. The van der Waals surface area contributed by atoms with E-state index in [1.54, 1.807) is 0 Å². The van der Waals surface area contributed by atoms with Crippen LogP contribution in [-0.2, 0) is 0 Å². The van der Waals surface area contributed by atoms with Crippen molar-refractivity contribution in [1.82, 2.24) is 10.2 Å². The highest BCUT2D eigenvalue weighted by Gasteiger charge is 2.10. The maximum Gasteiger partial charge on any atom is 0.186 e. The molecule has 16 heavy (non-hydrogen) atoms. The van der Waals surface area contributed by atoms with Crippen LogP contribution in [0, 0.1) is 11.3 Å². The van der Waals surface area contributed by atoms with E-state index in [1.807, 2.05) is 38.1 Å². The predicted molar refractivity (Wildman–Crippen MR) is 63.0 cm³/mol. The van der Waals surface area contributed by atoms with Crippen LogP contribution in [0.25, 0.3) is 10.9 Å². The summed E-state index contributed by atoms with van der Waals surface area (Å²) >= 11 is 0. The number of aromatic nitrogens is 2. The van der Waals surface area contributed by atoms with Gasteiger partial charge >= 0.3 is 0 Å². The first-order valence-electron chi connectivity index (χ1n) is 5.14. The van der Waals surface area contributed by atoms with Gasteiger partial charge in [0.25, 0.3) is 0 Å². The van der Waals surface area contributed by atoms with E-state index >= 15 is 0 Å². The second-order valence-corrected chi connectivity index (χ2v) is 3.85. The molecule has 0 radical (unpaired) electrons. The van der Waals surface area contributed by atoms with Gasteiger partial charge in [-0.15, -0.1) is 10.2 Å². The number of benzene rings is 1. The quantitative estimate of drug-likeness (QED) is 0.829. The van der Waals surface area contributed by atoms with E-state index in [4.69, 9.17) is 5.26 Å². The molecule has 2 aromatic rings. The van der Waals surface area contributed by atoms with Gasteiger partial charge in [0.1, 0.15) is 6.07 Å². The van der Waals surface area contributed by atoms with E-state index in [-0.39, 0.29) is 6.04 Å². The van der Waals surface area contributed by atoms with Crippen LogP contribution in [0.4, 0.5) is 5.69 Å². The Morgan fingerprint density at radius 3 is 2.69 bits per heavy atom. The molecule has 0 bridgehead atoms. The lowest BCUT2D eigenvalue weighted by Crippen LogP contribution is -2.12. The van der Waals surface area contributed by atoms with Crippen molar-refractivity contribution in [2.24, 2.45) is 0 Å². The average Bonchev–Trinajstić information content (AvgIpc) is 2.29. The SMILES string of the molecule is CC(C)Nc1c(C#N)nnc2ccccc12. The van der Waals surface area contributed by atoms with Gasteiger partial charge in [0.2, 0.25) is 0 Å².